The van der Waals surface area contributed by atoms with Crippen LogP contribution in [0.2, 0.25) is 0 Å². The minimum absolute atomic E-state index is 0.120. The molecule has 1 atom stereocenters. The second-order valence-corrected chi connectivity index (χ2v) is 8.53. The van der Waals surface area contributed by atoms with Gasteiger partial charge in [-0.15, -0.1) is 11.3 Å². The zero-order valence-corrected chi connectivity index (χ0v) is 17.8. The van der Waals surface area contributed by atoms with E-state index in [0.717, 1.165) is 16.6 Å². The van der Waals surface area contributed by atoms with E-state index < -0.39 is 0 Å². The lowest BCUT2D eigenvalue weighted by atomic mass is 10.1. The number of anilines is 2. The van der Waals surface area contributed by atoms with Crippen molar-refractivity contribution in [3.63, 3.8) is 0 Å². The highest BCUT2D eigenvalue weighted by Crippen LogP contribution is 2.30. The van der Waals surface area contributed by atoms with Gasteiger partial charge in [0, 0.05) is 35.2 Å². The average molecular weight is 445 g/mol. The molecule has 0 saturated carbocycles. The third-order valence-electron chi connectivity index (χ3n) is 5.42. The van der Waals surface area contributed by atoms with Gasteiger partial charge >= 0.3 is 0 Å². The molecule has 32 heavy (non-hydrogen) atoms. The Kier molecular flexibility index (Phi) is 5.20. The fourth-order valence-electron chi connectivity index (χ4n) is 3.99. The summed E-state index contributed by atoms with van der Waals surface area (Å²) in [5.41, 5.74) is 2.74. The molecule has 1 aliphatic heterocycles. The number of para-hydroxylation sites is 1. The number of carbonyl (C=O) groups is 3. The maximum absolute atomic E-state index is 12.6. The minimum atomic E-state index is -0.213. The Balaban J connectivity index is 1.40. The normalized spacial score (nSPS) is 15.1. The van der Waals surface area contributed by atoms with E-state index in [1.165, 1.54) is 11.3 Å². The molecule has 0 bridgehead atoms. The SMILES string of the molecule is O=C(CC1CNC(=O)c2cc3cc(NC(=O)c4cccs4)ccc3n21)Nc1ccccc1. The van der Waals surface area contributed by atoms with Crippen LogP contribution >= 0.6 is 11.3 Å². The van der Waals surface area contributed by atoms with Gasteiger partial charge in [0.05, 0.1) is 10.9 Å². The van der Waals surface area contributed by atoms with Gasteiger partial charge in [0.1, 0.15) is 5.69 Å². The fourth-order valence-corrected chi connectivity index (χ4v) is 4.60. The number of rotatable bonds is 5. The Morgan fingerprint density at radius 3 is 2.62 bits per heavy atom. The summed E-state index contributed by atoms with van der Waals surface area (Å²) in [4.78, 5) is 38.1. The molecule has 3 heterocycles. The van der Waals surface area contributed by atoms with Crippen molar-refractivity contribution >= 4 is 51.3 Å². The fraction of sp³-hybridized carbons (Fsp3) is 0.125. The number of aromatic nitrogens is 1. The van der Waals surface area contributed by atoms with Crippen molar-refractivity contribution in [2.75, 3.05) is 17.2 Å². The number of carbonyl (C=O) groups excluding carboxylic acids is 3. The lowest BCUT2D eigenvalue weighted by Gasteiger charge is -2.27. The lowest BCUT2D eigenvalue weighted by molar-refractivity contribution is -0.116. The molecule has 4 aromatic rings. The topological polar surface area (TPSA) is 92.2 Å². The summed E-state index contributed by atoms with van der Waals surface area (Å²) in [6.07, 6.45) is 0.225. The van der Waals surface area contributed by atoms with E-state index in [2.05, 4.69) is 16.0 Å². The molecule has 0 radical (unpaired) electrons. The molecule has 3 amide bonds. The third-order valence-corrected chi connectivity index (χ3v) is 6.28. The highest BCUT2D eigenvalue weighted by atomic mass is 32.1. The Labute approximate surface area is 188 Å². The highest BCUT2D eigenvalue weighted by molar-refractivity contribution is 7.12. The van der Waals surface area contributed by atoms with Crippen molar-refractivity contribution in [2.45, 2.75) is 12.5 Å². The maximum atomic E-state index is 12.6. The number of hydrogen-bond donors (Lipinski definition) is 3. The standard InChI is InChI=1S/C24H20N4O3S/c29-22(26-16-5-2-1-3-6-16)13-18-14-25-23(30)20-12-15-11-17(8-9-19(15)28(18)20)27-24(31)21-7-4-10-32-21/h1-12,18H,13-14H2,(H,25,30)(H,26,29)(H,27,31). The molecule has 0 fully saturated rings. The van der Waals surface area contributed by atoms with Crippen molar-refractivity contribution in [1.29, 1.82) is 0 Å². The largest absolute Gasteiger partial charge is 0.349 e. The summed E-state index contributed by atoms with van der Waals surface area (Å²) in [5.74, 6) is -0.466. The summed E-state index contributed by atoms with van der Waals surface area (Å²) >= 11 is 1.38. The molecule has 8 heteroatoms. The van der Waals surface area contributed by atoms with Crippen LogP contribution < -0.4 is 16.0 Å². The molecule has 5 rings (SSSR count). The molecular weight excluding hydrogens is 424 g/mol. The van der Waals surface area contributed by atoms with Crippen molar-refractivity contribution in [1.82, 2.24) is 9.88 Å². The van der Waals surface area contributed by atoms with E-state index in [1.807, 2.05) is 64.5 Å². The molecular formula is C24H20N4O3S. The minimum Gasteiger partial charge on any atom is -0.349 e. The van der Waals surface area contributed by atoms with Gasteiger partial charge in [-0.25, -0.2) is 0 Å². The molecule has 0 aliphatic carbocycles. The summed E-state index contributed by atoms with van der Waals surface area (Å²) in [6, 6.07) is 20.0. The van der Waals surface area contributed by atoms with Gasteiger partial charge < -0.3 is 20.5 Å². The third kappa shape index (κ3) is 3.88. The van der Waals surface area contributed by atoms with Gasteiger partial charge in [0.25, 0.3) is 11.8 Å². The quantitative estimate of drug-likeness (QED) is 0.429. The Hall–Kier alpha value is -3.91. The van der Waals surface area contributed by atoms with E-state index in [-0.39, 0.29) is 30.2 Å². The number of hydrogen-bond acceptors (Lipinski definition) is 4. The maximum Gasteiger partial charge on any atom is 0.268 e. The summed E-state index contributed by atoms with van der Waals surface area (Å²) in [5, 5.41) is 11.4. The van der Waals surface area contributed by atoms with E-state index in [0.29, 0.717) is 22.8 Å². The zero-order chi connectivity index (χ0) is 22.1. The van der Waals surface area contributed by atoms with Crippen molar-refractivity contribution in [3.8, 4) is 0 Å². The first-order chi connectivity index (χ1) is 15.6. The van der Waals surface area contributed by atoms with Gasteiger partial charge in [-0.3, -0.25) is 14.4 Å². The molecule has 7 nitrogen and oxygen atoms in total. The van der Waals surface area contributed by atoms with Crippen LogP contribution in [0.4, 0.5) is 11.4 Å². The van der Waals surface area contributed by atoms with Crippen LogP contribution in [-0.4, -0.2) is 28.8 Å². The van der Waals surface area contributed by atoms with Crippen LogP contribution in [0.25, 0.3) is 10.9 Å². The Bertz CT molecular complexity index is 1310. The van der Waals surface area contributed by atoms with E-state index in [4.69, 9.17) is 0 Å². The first kappa shape index (κ1) is 20.0. The number of nitrogens with zero attached hydrogens (tertiary/aromatic N) is 1. The molecule has 1 unspecified atom stereocenters. The number of fused-ring (bicyclic) bond motifs is 3. The van der Waals surface area contributed by atoms with Crippen LogP contribution in [-0.2, 0) is 4.79 Å². The van der Waals surface area contributed by atoms with Crippen LogP contribution in [0.3, 0.4) is 0 Å². The zero-order valence-electron chi connectivity index (χ0n) is 17.0. The van der Waals surface area contributed by atoms with Crippen LogP contribution in [0.5, 0.6) is 0 Å². The number of thiophene rings is 1. The summed E-state index contributed by atoms with van der Waals surface area (Å²) < 4.78 is 1.92. The predicted molar refractivity (Wildman–Crippen MR) is 125 cm³/mol. The van der Waals surface area contributed by atoms with Gasteiger partial charge in [-0.05, 0) is 47.8 Å². The van der Waals surface area contributed by atoms with E-state index >= 15 is 0 Å². The Morgan fingerprint density at radius 1 is 1.00 bits per heavy atom. The first-order valence-electron chi connectivity index (χ1n) is 10.2. The molecule has 3 N–H and O–H groups in total. The molecule has 2 aromatic heterocycles. The second-order valence-electron chi connectivity index (χ2n) is 7.59. The molecule has 0 saturated heterocycles. The van der Waals surface area contributed by atoms with Gasteiger partial charge in [0.2, 0.25) is 5.91 Å². The summed E-state index contributed by atoms with van der Waals surface area (Å²) in [6.45, 7) is 0.370. The van der Waals surface area contributed by atoms with E-state index in [9.17, 15) is 14.4 Å². The Morgan fingerprint density at radius 2 is 1.84 bits per heavy atom. The van der Waals surface area contributed by atoms with Crippen LogP contribution in [0.1, 0.15) is 32.6 Å². The highest BCUT2D eigenvalue weighted by Gasteiger charge is 2.28. The van der Waals surface area contributed by atoms with Crippen LogP contribution in [0, 0.1) is 0 Å². The average Bonchev–Trinajstić information content (AvgIpc) is 3.45. The van der Waals surface area contributed by atoms with Crippen molar-refractivity contribution in [2.24, 2.45) is 0 Å². The van der Waals surface area contributed by atoms with Gasteiger partial charge in [-0.2, -0.15) is 0 Å². The molecule has 160 valence electrons. The number of nitrogens with one attached hydrogen (secondary N) is 3. The molecule has 0 spiro atoms. The number of amides is 3. The van der Waals surface area contributed by atoms with Crippen molar-refractivity contribution < 1.29 is 14.4 Å². The lowest BCUT2D eigenvalue weighted by Crippen LogP contribution is -2.40. The molecule has 2 aromatic carbocycles. The summed E-state index contributed by atoms with van der Waals surface area (Å²) in [7, 11) is 0. The smallest absolute Gasteiger partial charge is 0.268 e. The first-order valence-corrected chi connectivity index (χ1v) is 11.1. The van der Waals surface area contributed by atoms with Crippen LogP contribution in [0.15, 0.2) is 72.1 Å². The van der Waals surface area contributed by atoms with Gasteiger partial charge in [0.15, 0.2) is 0 Å². The second kappa shape index (κ2) is 8.32. The van der Waals surface area contributed by atoms with Crippen molar-refractivity contribution in [3.05, 3.63) is 82.7 Å². The molecule has 1 aliphatic rings. The predicted octanol–water partition coefficient (Wildman–Crippen LogP) is 4.27. The van der Waals surface area contributed by atoms with Gasteiger partial charge in [-0.1, -0.05) is 24.3 Å². The van der Waals surface area contributed by atoms with E-state index in [1.54, 1.807) is 12.1 Å². The monoisotopic (exact) mass is 444 g/mol. The number of benzene rings is 2.